The topological polar surface area (TPSA) is 66.8 Å². The minimum Gasteiger partial charge on any atom is -0.478 e. The second-order valence-electron chi connectivity index (χ2n) is 6.18. The lowest BCUT2D eigenvalue weighted by Crippen LogP contribution is -2.45. The molecule has 0 saturated heterocycles. The van der Waals surface area contributed by atoms with Gasteiger partial charge in [-0.3, -0.25) is 4.79 Å². The van der Waals surface area contributed by atoms with Crippen molar-refractivity contribution >= 4 is 28.3 Å². The maximum Gasteiger partial charge on any atom is 0.354 e. The van der Waals surface area contributed by atoms with E-state index in [4.69, 9.17) is 4.74 Å². The fourth-order valence-corrected chi connectivity index (χ4v) is 3.34. The largest absolute Gasteiger partial charge is 0.478 e. The molecule has 26 heavy (non-hydrogen) atoms. The number of fused-ring (bicyclic) bond motifs is 2. The number of anilines is 1. The Kier molecular flexibility index (Phi) is 4.05. The standard InChI is InChI=1S/C21H17NO4/c23-20(22-13-12-15-7-2-4-10-17(15)22)19(21(24)25)26-18-11-5-8-14-6-1-3-9-16(14)18/h1-11,19H,12-13H2,(H,24,25)/t19-/m0/s1. The molecule has 0 aromatic heterocycles. The lowest BCUT2D eigenvalue weighted by atomic mass is 10.1. The van der Waals surface area contributed by atoms with Gasteiger partial charge in [-0.15, -0.1) is 0 Å². The first-order valence-corrected chi connectivity index (χ1v) is 8.41. The van der Waals surface area contributed by atoms with Gasteiger partial charge in [0.1, 0.15) is 5.75 Å². The Bertz CT molecular complexity index is 993. The third-order valence-corrected chi connectivity index (χ3v) is 4.60. The quantitative estimate of drug-likeness (QED) is 0.736. The highest BCUT2D eigenvalue weighted by Gasteiger charge is 2.36. The Morgan fingerprint density at radius 3 is 2.54 bits per heavy atom. The Labute approximate surface area is 150 Å². The van der Waals surface area contributed by atoms with Gasteiger partial charge in [0, 0.05) is 17.6 Å². The highest BCUT2D eigenvalue weighted by molar-refractivity contribution is 6.09. The second kappa shape index (κ2) is 6.52. The molecule has 0 saturated carbocycles. The van der Waals surface area contributed by atoms with Crippen molar-refractivity contribution in [1.82, 2.24) is 0 Å². The highest BCUT2D eigenvalue weighted by Crippen LogP contribution is 2.30. The highest BCUT2D eigenvalue weighted by atomic mass is 16.5. The summed E-state index contributed by atoms with van der Waals surface area (Å²) in [7, 11) is 0. The van der Waals surface area contributed by atoms with Crippen molar-refractivity contribution in [3.63, 3.8) is 0 Å². The normalized spacial score (nSPS) is 14.1. The minimum absolute atomic E-state index is 0.385. The molecule has 1 N–H and O–H groups in total. The van der Waals surface area contributed by atoms with Crippen molar-refractivity contribution in [3.8, 4) is 5.75 Å². The molecule has 5 nitrogen and oxygen atoms in total. The Morgan fingerprint density at radius 2 is 1.69 bits per heavy atom. The van der Waals surface area contributed by atoms with Gasteiger partial charge >= 0.3 is 5.97 Å². The summed E-state index contributed by atoms with van der Waals surface area (Å²) in [5, 5.41) is 11.3. The van der Waals surface area contributed by atoms with E-state index in [1.54, 1.807) is 12.1 Å². The summed E-state index contributed by atoms with van der Waals surface area (Å²) in [6.45, 7) is 0.459. The van der Waals surface area contributed by atoms with Crippen LogP contribution >= 0.6 is 0 Å². The van der Waals surface area contributed by atoms with Crippen LogP contribution in [0, 0.1) is 0 Å². The van der Waals surface area contributed by atoms with Crippen molar-refractivity contribution in [2.45, 2.75) is 12.5 Å². The molecule has 1 aliphatic rings. The summed E-state index contributed by atoms with van der Waals surface area (Å²) in [6, 6.07) is 20.4. The van der Waals surface area contributed by atoms with Crippen LogP contribution in [0.25, 0.3) is 10.8 Å². The molecule has 0 aliphatic carbocycles. The zero-order valence-electron chi connectivity index (χ0n) is 14.0. The summed E-state index contributed by atoms with van der Waals surface area (Å²) >= 11 is 0. The van der Waals surface area contributed by atoms with Crippen LogP contribution in [0.1, 0.15) is 5.56 Å². The van der Waals surface area contributed by atoms with E-state index in [9.17, 15) is 14.7 Å². The SMILES string of the molecule is O=C(O)[C@@H](Oc1cccc2ccccc12)C(=O)N1CCc2ccccc21. The third-order valence-electron chi connectivity index (χ3n) is 4.60. The van der Waals surface area contributed by atoms with E-state index in [1.807, 2.05) is 54.6 Å². The van der Waals surface area contributed by atoms with Gasteiger partial charge in [0.25, 0.3) is 12.0 Å². The molecular formula is C21H17NO4. The summed E-state index contributed by atoms with van der Waals surface area (Å²) in [4.78, 5) is 26.2. The number of nitrogens with zero attached hydrogens (tertiary/aromatic N) is 1. The first-order valence-electron chi connectivity index (χ1n) is 8.41. The van der Waals surface area contributed by atoms with Crippen LogP contribution in [-0.2, 0) is 16.0 Å². The van der Waals surface area contributed by atoms with Crippen molar-refractivity contribution in [3.05, 3.63) is 72.3 Å². The average molecular weight is 347 g/mol. The number of benzene rings is 3. The average Bonchev–Trinajstić information content (AvgIpc) is 3.09. The van der Waals surface area contributed by atoms with Crippen molar-refractivity contribution in [2.24, 2.45) is 0 Å². The number of amides is 1. The number of hydrogen-bond acceptors (Lipinski definition) is 3. The number of hydrogen-bond donors (Lipinski definition) is 1. The predicted molar refractivity (Wildman–Crippen MR) is 98.5 cm³/mol. The second-order valence-corrected chi connectivity index (χ2v) is 6.18. The molecule has 1 amide bonds. The smallest absolute Gasteiger partial charge is 0.354 e. The van der Waals surface area contributed by atoms with Crippen molar-refractivity contribution in [1.29, 1.82) is 0 Å². The summed E-state index contributed by atoms with van der Waals surface area (Å²) < 4.78 is 5.69. The Morgan fingerprint density at radius 1 is 0.962 bits per heavy atom. The lowest BCUT2D eigenvalue weighted by molar-refractivity contribution is -0.150. The van der Waals surface area contributed by atoms with Gasteiger partial charge in [0.05, 0.1) is 0 Å². The van der Waals surface area contributed by atoms with E-state index in [2.05, 4.69) is 0 Å². The molecule has 1 aliphatic heterocycles. The lowest BCUT2D eigenvalue weighted by Gasteiger charge is -2.22. The number of carboxylic acids is 1. The zero-order valence-corrected chi connectivity index (χ0v) is 14.0. The van der Waals surface area contributed by atoms with Crippen LogP contribution in [0.3, 0.4) is 0 Å². The number of ether oxygens (including phenoxy) is 1. The van der Waals surface area contributed by atoms with Gasteiger partial charge in [0.2, 0.25) is 0 Å². The maximum atomic E-state index is 12.9. The maximum absolute atomic E-state index is 12.9. The van der Waals surface area contributed by atoms with Gasteiger partial charge in [-0.25, -0.2) is 4.79 Å². The van der Waals surface area contributed by atoms with Crippen molar-refractivity contribution < 1.29 is 19.4 Å². The molecule has 0 fully saturated rings. The molecule has 0 radical (unpaired) electrons. The van der Waals surface area contributed by atoms with E-state index >= 15 is 0 Å². The minimum atomic E-state index is -1.59. The van der Waals surface area contributed by atoms with E-state index in [1.165, 1.54) is 4.90 Å². The first kappa shape index (κ1) is 16.1. The summed E-state index contributed by atoms with van der Waals surface area (Å²) in [6.07, 6.45) is -0.880. The molecule has 0 bridgehead atoms. The van der Waals surface area contributed by atoms with E-state index in [-0.39, 0.29) is 0 Å². The summed E-state index contributed by atoms with van der Waals surface area (Å²) in [5.74, 6) is -1.47. The predicted octanol–water partition coefficient (Wildman–Crippen LogP) is 3.26. The van der Waals surface area contributed by atoms with E-state index < -0.39 is 18.0 Å². The van der Waals surface area contributed by atoms with Crippen LogP contribution in [0.15, 0.2) is 66.7 Å². The Hall–Kier alpha value is -3.34. The molecule has 130 valence electrons. The number of aliphatic carboxylic acids is 1. The molecule has 1 atom stereocenters. The first-order chi connectivity index (χ1) is 12.6. The van der Waals surface area contributed by atoms with E-state index in [0.29, 0.717) is 18.7 Å². The molecule has 1 heterocycles. The third kappa shape index (κ3) is 2.77. The van der Waals surface area contributed by atoms with Gasteiger partial charge in [-0.1, -0.05) is 54.6 Å². The molecule has 0 unspecified atom stereocenters. The van der Waals surface area contributed by atoms with Gasteiger partial charge in [-0.05, 0) is 29.5 Å². The molecule has 5 heteroatoms. The van der Waals surface area contributed by atoms with Gasteiger partial charge in [-0.2, -0.15) is 0 Å². The molecular weight excluding hydrogens is 330 g/mol. The fourth-order valence-electron chi connectivity index (χ4n) is 3.34. The molecule has 3 aromatic carbocycles. The molecule has 0 spiro atoms. The monoisotopic (exact) mass is 347 g/mol. The van der Waals surface area contributed by atoms with E-state index in [0.717, 1.165) is 22.0 Å². The number of para-hydroxylation sites is 1. The zero-order chi connectivity index (χ0) is 18.1. The van der Waals surface area contributed by atoms with Crippen LogP contribution in [0.2, 0.25) is 0 Å². The molecule has 3 aromatic rings. The van der Waals surface area contributed by atoms with Crippen LogP contribution in [0.4, 0.5) is 5.69 Å². The van der Waals surface area contributed by atoms with Gasteiger partial charge < -0.3 is 14.7 Å². The van der Waals surface area contributed by atoms with Crippen LogP contribution < -0.4 is 9.64 Å². The van der Waals surface area contributed by atoms with Crippen molar-refractivity contribution in [2.75, 3.05) is 11.4 Å². The van der Waals surface area contributed by atoms with Crippen LogP contribution in [-0.4, -0.2) is 29.6 Å². The number of carbonyl (C=O) groups excluding carboxylic acids is 1. The van der Waals surface area contributed by atoms with Gasteiger partial charge in [0.15, 0.2) is 0 Å². The van der Waals surface area contributed by atoms with Crippen LogP contribution in [0.5, 0.6) is 5.75 Å². The Balaban J connectivity index is 1.66. The summed E-state index contributed by atoms with van der Waals surface area (Å²) in [5.41, 5.74) is 1.79. The fraction of sp³-hybridized carbons (Fsp3) is 0.143. The number of carbonyl (C=O) groups is 2. The number of carboxylic acid groups (broad SMARTS) is 1. The molecule has 4 rings (SSSR count). The number of rotatable bonds is 4.